The van der Waals surface area contributed by atoms with Crippen molar-refractivity contribution in [3.8, 4) is 0 Å². The first kappa shape index (κ1) is 18.7. The number of carbonyl (C=O) groups is 1. The molecule has 7 nitrogen and oxygen atoms in total. The molecule has 1 saturated heterocycles. The molecule has 1 heterocycles. The summed E-state index contributed by atoms with van der Waals surface area (Å²) in [4.78, 5) is 26.4. The number of non-ortho nitro benzene ring substituents is 1. The second kappa shape index (κ2) is 8.09. The number of hydrogen-bond acceptors (Lipinski definition) is 5. The third kappa shape index (κ3) is 4.76. The van der Waals surface area contributed by atoms with Crippen LogP contribution in [0.4, 0.5) is 25.8 Å². The maximum Gasteiger partial charge on any atom is 0.269 e. The quantitative estimate of drug-likeness (QED) is 0.641. The van der Waals surface area contributed by atoms with Crippen LogP contribution < -0.4 is 10.2 Å². The number of piperazine rings is 1. The SMILES string of the molecule is O=C(CN1CCN(c2ccc([N+](=O)[O-])cc2)CC1)Nc1ccc(F)cc1F. The fraction of sp³-hybridized carbons (Fsp3) is 0.278. The highest BCUT2D eigenvalue weighted by Gasteiger charge is 2.20. The Kier molecular flexibility index (Phi) is 5.60. The lowest BCUT2D eigenvalue weighted by atomic mass is 10.2. The largest absolute Gasteiger partial charge is 0.369 e. The van der Waals surface area contributed by atoms with E-state index in [0.717, 1.165) is 17.8 Å². The molecule has 142 valence electrons. The second-order valence-corrected chi connectivity index (χ2v) is 6.21. The number of nitrogens with zero attached hydrogens (tertiary/aromatic N) is 3. The number of carbonyl (C=O) groups excluding carboxylic acids is 1. The van der Waals surface area contributed by atoms with Crippen molar-refractivity contribution in [3.63, 3.8) is 0 Å². The summed E-state index contributed by atoms with van der Waals surface area (Å²) >= 11 is 0. The van der Waals surface area contributed by atoms with Gasteiger partial charge in [-0.1, -0.05) is 0 Å². The number of hydrogen-bond donors (Lipinski definition) is 1. The van der Waals surface area contributed by atoms with Crippen molar-refractivity contribution < 1.29 is 18.5 Å². The van der Waals surface area contributed by atoms with Gasteiger partial charge in [0.1, 0.15) is 11.6 Å². The molecular weight excluding hydrogens is 358 g/mol. The topological polar surface area (TPSA) is 78.7 Å². The third-order valence-corrected chi connectivity index (χ3v) is 4.37. The highest BCUT2D eigenvalue weighted by atomic mass is 19.1. The molecule has 0 radical (unpaired) electrons. The van der Waals surface area contributed by atoms with E-state index in [2.05, 4.69) is 10.2 Å². The molecule has 27 heavy (non-hydrogen) atoms. The summed E-state index contributed by atoms with van der Waals surface area (Å²) in [5, 5.41) is 13.2. The lowest BCUT2D eigenvalue weighted by Gasteiger charge is -2.35. The molecule has 3 rings (SSSR count). The van der Waals surface area contributed by atoms with Gasteiger partial charge in [0.25, 0.3) is 5.69 Å². The number of amides is 1. The molecule has 0 unspecified atom stereocenters. The van der Waals surface area contributed by atoms with Gasteiger partial charge in [0, 0.05) is 50.1 Å². The van der Waals surface area contributed by atoms with E-state index in [1.165, 1.54) is 18.2 Å². The number of rotatable bonds is 5. The molecule has 1 amide bonds. The van der Waals surface area contributed by atoms with Crippen LogP contribution in [0.5, 0.6) is 0 Å². The number of benzene rings is 2. The Bertz CT molecular complexity index is 837. The van der Waals surface area contributed by atoms with Gasteiger partial charge < -0.3 is 10.2 Å². The fourth-order valence-corrected chi connectivity index (χ4v) is 2.93. The molecule has 1 aliphatic heterocycles. The van der Waals surface area contributed by atoms with E-state index in [9.17, 15) is 23.7 Å². The van der Waals surface area contributed by atoms with Crippen molar-refractivity contribution in [2.24, 2.45) is 0 Å². The Morgan fingerprint density at radius 1 is 1.07 bits per heavy atom. The van der Waals surface area contributed by atoms with Gasteiger partial charge in [0.15, 0.2) is 0 Å². The van der Waals surface area contributed by atoms with E-state index >= 15 is 0 Å². The van der Waals surface area contributed by atoms with E-state index in [1.54, 1.807) is 12.1 Å². The predicted molar refractivity (Wildman–Crippen MR) is 96.7 cm³/mol. The zero-order valence-corrected chi connectivity index (χ0v) is 14.4. The second-order valence-electron chi connectivity index (χ2n) is 6.21. The molecule has 2 aromatic rings. The van der Waals surface area contributed by atoms with Gasteiger partial charge in [0.2, 0.25) is 5.91 Å². The van der Waals surface area contributed by atoms with Crippen LogP contribution in [0.3, 0.4) is 0 Å². The van der Waals surface area contributed by atoms with Crippen LogP contribution in [0, 0.1) is 21.7 Å². The highest BCUT2D eigenvalue weighted by Crippen LogP contribution is 2.21. The summed E-state index contributed by atoms with van der Waals surface area (Å²) in [5.41, 5.74) is 0.881. The lowest BCUT2D eigenvalue weighted by molar-refractivity contribution is -0.384. The first-order valence-corrected chi connectivity index (χ1v) is 8.39. The number of nitro benzene ring substituents is 1. The maximum absolute atomic E-state index is 13.6. The van der Waals surface area contributed by atoms with E-state index in [1.807, 2.05) is 4.90 Å². The van der Waals surface area contributed by atoms with E-state index < -0.39 is 16.6 Å². The average molecular weight is 376 g/mol. The number of nitrogens with one attached hydrogen (secondary N) is 1. The number of anilines is 2. The van der Waals surface area contributed by atoms with Gasteiger partial charge in [-0.15, -0.1) is 0 Å². The molecular formula is C18H18F2N4O3. The zero-order valence-electron chi connectivity index (χ0n) is 14.4. The van der Waals surface area contributed by atoms with Crippen molar-refractivity contribution in [2.75, 3.05) is 42.9 Å². The Hall–Kier alpha value is -3.07. The zero-order chi connectivity index (χ0) is 19.4. The van der Waals surface area contributed by atoms with Crippen LogP contribution in [0.2, 0.25) is 0 Å². The van der Waals surface area contributed by atoms with Crippen molar-refractivity contribution in [1.82, 2.24) is 4.90 Å². The van der Waals surface area contributed by atoms with Crippen molar-refractivity contribution in [2.45, 2.75) is 0 Å². The van der Waals surface area contributed by atoms with Crippen molar-refractivity contribution in [3.05, 3.63) is 64.2 Å². The molecule has 0 saturated carbocycles. The molecule has 1 aliphatic rings. The van der Waals surface area contributed by atoms with Gasteiger partial charge in [-0.2, -0.15) is 0 Å². The Morgan fingerprint density at radius 2 is 1.74 bits per heavy atom. The summed E-state index contributed by atoms with van der Waals surface area (Å²) in [7, 11) is 0. The van der Waals surface area contributed by atoms with Gasteiger partial charge in [-0.3, -0.25) is 19.8 Å². The van der Waals surface area contributed by atoms with Crippen LogP contribution in [0.25, 0.3) is 0 Å². The van der Waals surface area contributed by atoms with Crippen LogP contribution >= 0.6 is 0 Å². The van der Waals surface area contributed by atoms with Gasteiger partial charge in [-0.25, -0.2) is 8.78 Å². The highest BCUT2D eigenvalue weighted by molar-refractivity contribution is 5.92. The maximum atomic E-state index is 13.6. The molecule has 0 bridgehead atoms. The summed E-state index contributed by atoms with van der Waals surface area (Å²) in [6, 6.07) is 9.34. The first-order valence-electron chi connectivity index (χ1n) is 8.39. The van der Waals surface area contributed by atoms with Gasteiger partial charge in [0.05, 0.1) is 17.2 Å². The van der Waals surface area contributed by atoms with Gasteiger partial charge >= 0.3 is 0 Å². The third-order valence-electron chi connectivity index (χ3n) is 4.37. The average Bonchev–Trinajstić information content (AvgIpc) is 2.65. The molecule has 0 spiro atoms. The van der Waals surface area contributed by atoms with E-state index in [0.29, 0.717) is 26.2 Å². The first-order chi connectivity index (χ1) is 12.9. The Morgan fingerprint density at radius 3 is 2.33 bits per heavy atom. The lowest BCUT2D eigenvalue weighted by Crippen LogP contribution is -2.48. The van der Waals surface area contributed by atoms with Crippen LogP contribution in [0.1, 0.15) is 0 Å². The van der Waals surface area contributed by atoms with Crippen LogP contribution in [-0.2, 0) is 4.79 Å². The van der Waals surface area contributed by atoms with E-state index in [4.69, 9.17) is 0 Å². The Labute approximate surface area is 154 Å². The summed E-state index contributed by atoms with van der Waals surface area (Å²) < 4.78 is 26.5. The van der Waals surface area contributed by atoms with E-state index in [-0.39, 0.29) is 23.8 Å². The summed E-state index contributed by atoms with van der Waals surface area (Å²) in [6.07, 6.45) is 0. The predicted octanol–water partition coefficient (Wildman–Crippen LogP) is 2.63. The van der Waals surface area contributed by atoms with Crippen molar-refractivity contribution in [1.29, 1.82) is 0 Å². The van der Waals surface area contributed by atoms with Crippen molar-refractivity contribution >= 4 is 23.0 Å². The van der Waals surface area contributed by atoms with Crippen LogP contribution in [-0.4, -0.2) is 48.5 Å². The number of halogens is 2. The smallest absolute Gasteiger partial charge is 0.269 e. The fourth-order valence-electron chi connectivity index (χ4n) is 2.93. The van der Waals surface area contributed by atoms with Gasteiger partial charge in [-0.05, 0) is 24.3 Å². The minimum atomic E-state index is -0.814. The van der Waals surface area contributed by atoms with Crippen LogP contribution in [0.15, 0.2) is 42.5 Å². The molecule has 0 atom stereocenters. The minimum Gasteiger partial charge on any atom is -0.369 e. The molecule has 0 aliphatic carbocycles. The molecule has 2 aromatic carbocycles. The normalized spacial score (nSPS) is 14.8. The Balaban J connectivity index is 1.50. The molecule has 9 heteroatoms. The number of nitro groups is 1. The molecule has 1 fully saturated rings. The summed E-state index contributed by atoms with van der Waals surface area (Å²) in [6.45, 7) is 2.67. The molecule has 1 N–H and O–H groups in total. The minimum absolute atomic E-state index is 0.0436. The molecule has 0 aromatic heterocycles. The summed E-state index contributed by atoms with van der Waals surface area (Å²) in [5.74, 6) is -1.89. The monoisotopic (exact) mass is 376 g/mol. The standard InChI is InChI=1S/C18H18F2N4O3/c19-13-1-6-17(16(20)11-13)21-18(25)12-22-7-9-23(10-8-22)14-2-4-15(5-3-14)24(26)27/h1-6,11H,7-10,12H2,(H,21,25).